The summed E-state index contributed by atoms with van der Waals surface area (Å²) in [6.45, 7) is 0.0474. The minimum atomic E-state index is -0.637. The molecule has 2 fully saturated rings. The van der Waals surface area contributed by atoms with Crippen LogP contribution in [0.5, 0.6) is 0 Å². The fourth-order valence-electron chi connectivity index (χ4n) is 3.70. The van der Waals surface area contributed by atoms with Gasteiger partial charge in [-0.25, -0.2) is 4.39 Å². The quantitative estimate of drug-likeness (QED) is 0.848. The number of piperidine rings is 1. The van der Waals surface area contributed by atoms with Crippen LogP contribution < -0.4 is 5.32 Å². The molecular weight excluding hydrogens is 287 g/mol. The SMILES string of the molecule is O=C1CCC[C@]2(CN(C(=O)CO)C[C@H]2c2ccccc2F)N1. The Kier molecular flexibility index (Phi) is 3.87. The van der Waals surface area contributed by atoms with Crippen LogP contribution in [0.4, 0.5) is 4.39 Å². The van der Waals surface area contributed by atoms with Crippen LogP contribution in [-0.4, -0.2) is 47.1 Å². The summed E-state index contributed by atoms with van der Waals surface area (Å²) in [5.74, 6) is -1.08. The van der Waals surface area contributed by atoms with Crippen LogP contribution in [0, 0.1) is 5.82 Å². The van der Waals surface area contributed by atoms with E-state index in [1.54, 1.807) is 18.2 Å². The first-order valence-corrected chi connectivity index (χ1v) is 7.50. The van der Waals surface area contributed by atoms with Crippen LogP contribution >= 0.6 is 0 Å². The molecule has 2 saturated heterocycles. The Morgan fingerprint density at radius 3 is 2.91 bits per heavy atom. The fraction of sp³-hybridized carbons (Fsp3) is 0.500. The predicted octanol–water partition coefficient (Wildman–Crippen LogP) is 0.783. The minimum Gasteiger partial charge on any atom is -0.387 e. The van der Waals surface area contributed by atoms with E-state index in [2.05, 4.69) is 5.32 Å². The number of hydrogen-bond donors (Lipinski definition) is 2. The van der Waals surface area contributed by atoms with Gasteiger partial charge >= 0.3 is 0 Å². The van der Waals surface area contributed by atoms with E-state index < -0.39 is 18.1 Å². The Bertz CT molecular complexity index is 607. The largest absolute Gasteiger partial charge is 0.387 e. The van der Waals surface area contributed by atoms with Crippen molar-refractivity contribution in [3.05, 3.63) is 35.6 Å². The Morgan fingerprint density at radius 1 is 1.45 bits per heavy atom. The van der Waals surface area contributed by atoms with Crippen molar-refractivity contribution >= 4 is 11.8 Å². The highest BCUT2D eigenvalue weighted by Gasteiger charge is 2.51. The third kappa shape index (κ3) is 2.47. The second-order valence-corrected chi connectivity index (χ2v) is 6.06. The number of amides is 2. The first-order chi connectivity index (χ1) is 10.6. The first-order valence-electron chi connectivity index (χ1n) is 7.50. The highest BCUT2D eigenvalue weighted by atomic mass is 19.1. The van der Waals surface area contributed by atoms with Gasteiger partial charge in [-0.05, 0) is 24.5 Å². The predicted molar refractivity (Wildman–Crippen MR) is 77.5 cm³/mol. The highest BCUT2D eigenvalue weighted by Crippen LogP contribution is 2.42. The summed E-state index contributed by atoms with van der Waals surface area (Å²) in [5, 5.41) is 12.1. The van der Waals surface area contributed by atoms with Crippen LogP contribution in [0.1, 0.15) is 30.7 Å². The lowest BCUT2D eigenvalue weighted by Crippen LogP contribution is -2.56. The van der Waals surface area contributed by atoms with Crippen molar-refractivity contribution < 1.29 is 19.1 Å². The van der Waals surface area contributed by atoms with E-state index >= 15 is 0 Å². The zero-order valence-electron chi connectivity index (χ0n) is 12.2. The molecular formula is C16H19FN2O3. The third-order valence-corrected chi connectivity index (χ3v) is 4.73. The smallest absolute Gasteiger partial charge is 0.248 e. The van der Waals surface area contributed by atoms with Gasteiger partial charge in [-0.15, -0.1) is 0 Å². The summed E-state index contributed by atoms with van der Waals surface area (Å²) in [7, 11) is 0. The monoisotopic (exact) mass is 306 g/mol. The molecule has 0 bridgehead atoms. The van der Waals surface area contributed by atoms with Crippen molar-refractivity contribution in [3.8, 4) is 0 Å². The second-order valence-electron chi connectivity index (χ2n) is 6.06. The summed E-state index contributed by atoms with van der Waals surface area (Å²) in [5.41, 5.74) is -0.125. The van der Waals surface area contributed by atoms with Gasteiger partial charge < -0.3 is 15.3 Å². The van der Waals surface area contributed by atoms with Crippen LogP contribution in [0.3, 0.4) is 0 Å². The number of rotatable bonds is 2. The zero-order chi connectivity index (χ0) is 15.7. The van der Waals surface area contributed by atoms with E-state index in [1.165, 1.54) is 11.0 Å². The van der Waals surface area contributed by atoms with Gasteiger partial charge in [0.15, 0.2) is 0 Å². The summed E-state index contributed by atoms with van der Waals surface area (Å²) in [6.07, 6.45) is 1.88. The number of carbonyl (C=O) groups excluding carboxylic acids is 2. The average Bonchev–Trinajstić information content (AvgIpc) is 2.85. The molecule has 2 aliphatic rings. The van der Waals surface area contributed by atoms with Gasteiger partial charge in [-0.1, -0.05) is 18.2 Å². The molecule has 0 saturated carbocycles. The van der Waals surface area contributed by atoms with Crippen LogP contribution in [0.15, 0.2) is 24.3 Å². The normalized spacial score (nSPS) is 28.0. The van der Waals surface area contributed by atoms with Crippen molar-refractivity contribution in [2.24, 2.45) is 0 Å². The Labute approximate surface area is 128 Å². The molecule has 3 rings (SSSR count). The van der Waals surface area contributed by atoms with E-state index in [1.807, 2.05) is 0 Å². The molecule has 6 heteroatoms. The van der Waals surface area contributed by atoms with E-state index in [9.17, 15) is 14.0 Å². The zero-order valence-corrected chi connectivity index (χ0v) is 12.2. The van der Waals surface area contributed by atoms with Crippen molar-refractivity contribution in [2.75, 3.05) is 19.7 Å². The van der Waals surface area contributed by atoms with Crippen molar-refractivity contribution in [3.63, 3.8) is 0 Å². The summed E-state index contributed by atoms with van der Waals surface area (Å²) in [4.78, 5) is 25.2. The number of halogens is 1. The maximum absolute atomic E-state index is 14.2. The number of benzene rings is 1. The third-order valence-electron chi connectivity index (χ3n) is 4.73. The number of nitrogens with one attached hydrogen (secondary N) is 1. The molecule has 1 aromatic carbocycles. The van der Waals surface area contributed by atoms with Crippen molar-refractivity contribution in [2.45, 2.75) is 30.7 Å². The van der Waals surface area contributed by atoms with Crippen LogP contribution in [-0.2, 0) is 9.59 Å². The number of aliphatic hydroxyl groups excluding tert-OH is 1. The standard InChI is InChI=1S/C16H19FN2O3/c17-13-5-2-1-4-11(13)12-8-19(15(22)9-20)10-16(12)7-3-6-14(21)18-16/h1-2,4-5,12,20H,3,6-10H2,(H,18,21)/t12-,16+/m0/s1. The lowest BCUT2D eigenvalue weighted by atomic mass is 9.76. The van der Waals surface area contributed by atoms with Crippen molar-refractivity contribution in [1.29, 1.82) is 0 Å². The molecule has 0 aliphatic carbocycles. The molecule has 2 atom stereocenters. The van der Waals surface area contributed by atoms with Gasteiger partial charge in [-0.2, -0.15) is 0 Å². The summed E-state index contributed by atoms with van der Waals surface area (Å²) >= 11 is 0. The van der Waals surface area contributed by atoms with E-state index in [0.29, 0.717) is 31.5 Å². The lowest BCUT2D eigenvalue weighted by Gasteiger charge is -2.39. The first kappa shape index (κ1) is 15.0. The number of hydrogen-bond acceptors (Lipinski definition) is 3. The van der Waals surface area contributed by atoms with Gasteiger partial charge in [0.2, 0.25) is 11.8 Å². The van der Waals surface area contributed by atoms with Crippen LogP contribution in [0.25, 0.3) is 0 Å². The Hall–Kier alpha value is -1.95. The highest BCUT2D eigenvalue weighted by molar-refractivity contribution is 5.80. The number of aliphatic hydroxyl groups is 1. The van der Waals surface area contributed by atoms with Crippen molar-refractivity contribution in [1.82, 2.24) is 10.2 Å². The summed E-state index contributed by atoms with van der Waals surface area (Å²) in [6, 6.07) is 6.48. The van der Waals surface area contributed by atoms with Gasteiger partial charge in [0, 0.05) is 25.4 Å². The molecule has 0 unspecified atom stereocenters. The average molecular weight is 306 g/mol. The molecule has 5 nitrogen and oxygen atoms in total. The molecule has 2 amide bonds. The van der Waals surface area contributed by atoms with E-state index in [0.717, 1.165) is 6.42 Å². The second kappa shape index (κ2) is 5.68. The van der Waals surface area contributed by atoms with E-state index in [4.69, 9.17) is 5.11 Å². The number of likely N-dealkylation sites (tertiary alicyclic amines) is 1. The molecule has 2 heterocycles. The van der Waals surface area contributed by atoms with Gasteiger partial charge in [0.1, 0.15) is 12.4 Å². The van der Waals surface area contributed by atoms with Gasteiger partial charge in [0.05, 0.1) is 5.54 Å². The lowest BCUT2D eigenvalue weighted by molar-refractivity contribution is -0.134. The molecule has 2 aliphatic heterocycles. The number of carbonyl (C=O) groups is 2. The molecule has 1 spiro atoms. The number of nitrogens with zero attached hydrogens (tertiary/aromatic N) is 1. The summed E-state index contributed by atoms with van der Waals surface area (Å²) < 4.78 is 14.2. The maximum Gasteiger partial charge on any atom is 0.248 e. The minimum absolute atomic E-state index is 0.0640. The maximum atomic E-state index is 14.2. The van der Waals surface area contributed by atoms with Gasteiger partial charge in [0.25, 0.3) is 0 Å². The molecule has 2 N–H and O–H groups in total. The van der Waals surface area contributed by atoms with E-state index in [-0.39, 0.29) is 17.6 Å². The topological polar surface area (TPSA) is 69.6 Å². The Morgan fingerprint density at radius 2 is 2.23 bits per heavy atom. The fourth-order valence-corrected chi connectivity index (χ4v) is 3.70. The molecule has 1 aromatic rings. The van der Waals surface area contributed by atoms with Crippen LogP contribution in [0.2, 0.25) is 0 Å². The van der Waals surface area contributed by atoms with Gasteiger partial charge in [-0.3, -0.25) is 9.59 Å². The molecule has 118 valence electrons. The molecule has 0 radical (unpaired) electrons. The molecule has 0 aromatic heterocycles. The molecule has 22 heavy (non-hydrogen) atoms. The Balaban J connectivity index is 1.99.